The molecule has 2 heterocycles. The molecule has 1 aliphatic rings. The Morgan fingerprint density at radius 3 is 2.45 bits per heavy atom. The van der Waals surface area contributed by atoms with E-state index in [4.69, 9.17) is 0 Å². The van der Waals surface area contributed by atoms with Crippen LogP contribution in [0.5, 0.6) is 0 Å². The number of hydrogen-bond donors (Lipinski definition) is 3. The number of pyridine rings is 1. The molecule has 1 fully saturated rings. The van der Waals surface area contributed by atoms with Gasteiger partial charge in [0, 0.05) is 6.20 Å². The molecule has 152 valence electrons. The molecule has 0 bridgehead atoms. The second-order valence-corrected chi connectivity index (χ2v) is 6.49. The molecule has 3 rings (SSSR count). The number of rotatable bonds is 4. The third-order valence-electron chi connectivity index (χ3n) is 4.43. The fourth-order valence-corrected chi connectivity index (χ4v) is 2.88. The average Bonchev–Trinajstić information content (AvgIpc) is 2.87. The van der Waals surface area contributed by atoms with Crippen molar-refractivity contribution in [2.24, 2.45) is 0 Å². The highest BCUT2D eigenvalue weighted by molar-refractivity contribution is 6.10. The van der Waals surface area contributed by atoms with E-state index in [2.05, 4.69) is 5.32 Å². The van der Waals surface area contributed by atoms with Gasteiger partial charge in [-0.05, 0) is 18.6 Å². The number of aromatic nitrogens is 1. The Hall–Kier alpha value is -3.63. The average molecular weight is 408 g/mol. The topological polar surface area (TPSA) is 111 Å². The second-order valence-electron chi connectivity index (χ2n) is 6.49. The fraction of sp³-hybridized carbons (Fsp3) is 0.222. The van der Waals surface area contributed by atoms with Gasteiger partial charge >= 0.3 is 12.2 Å². The summed E-state index contributed by atoms with van der Waals surface area (Å²) in [6.07, 6.45) is -4.26. The number of halogens is 3. The van der Waals surface area contributed by atoms with Crippen molar-refractivity contribution >= 4 is 23.5 Å². The number of urea groups is 1. The van der Waals surface area contributed by atoms with Crippen LogP contribution in [0.15, 0.2) is 47.4 Å². The molecule has 8 nitrogen and oxygen atoms in total. The highest BCUT2D eigenvalue weighted by Gasteiger charge is 2.49. The van der Waals surface area contributed by atoms with Gasteiger partial charge in [-0.3, -0.25) is 19.3 Å². The van der Waals surface area contributed by atoms with Crippen LogP contribution in [0.2, 0.25) is 0 Å². The zero-order valence-electron chi connectivity index (χ0n) is 15.0. The standard InChI is InChI=1S/C18H15F3N4O4/c1-17(10-5-3-2-4-6-10)15(28)25(16(29)24-17)9-13(26)23-12-7-11(18(19,20)21)8-22-14(12)27/h2-8H,9H2,1H3,(H,22,27)(H,23,26)(H,24,29). The maximum Gasteiger partial charge on any atom is 0.417 e. The third-order valence-corrected chi connectivity index (χ3v) is 4.43. The first-order chi connectivity index (χ1) is 13.5. The van der Waals surface area contributed by atoms with Crippen molar-refractivity contribution in [1.82, 2.24) is 15.2 Å². The summed E-state index contributed by atoms with van der Waals surface area (Å²) in [4.78, 5) is 51.3. The summed E-state index contributed by atoms with van der Waals surface area (Å²) in [7, 11) is 0. The molecule has 4 amide bonds. The molecular weight excluding hydrogens is 393 g/mol. The first kappa shape index (κ1) is 20.1. The molecule has 1 aliphatic heterocycles. The van der Waals surface area contributed by atoms with Gasteiger partial charge in [0.15, 0.2) is 0 Å². The number of aromatic amines is 1. The summed E-state index contributed by atoms with van der Waals surface area (Å²) in [5.74, 6) is -1.71. The van der Waals surface area contributed by atoms with Crippen LogP contribution in [0.1, 0.15) is 18.1 Å². The van der Waals surface area contributed by atoms with E-state index in [0.717, 1.165) is 0 Å². The highest BCUT2D eigenvalue weighted by Crippen LogP contribution is 2.30. The number of carbonyl (C=O) groups excluding carboxylic acids is 3. The Labute approximate surface area is 161 Å². The fourth-order valence-electron chi connectivity index (χ4n) is 2.88. The van der Waals surface area contributed by atoms with Crippen LogP contribution in [0.4, 0.5) is 23.7 Å². The molecule has 0 aliphatic carbocycles. The Morgan fingerprint density at radius 1 is 1.17 bits per heavy atom. The van der Waals surface area contributed by atoms with Gasteiger partial charge in [0.1, 0.15) is 17.8 Å². The van der Waals surface area contributed by atoms with Gasteiger partial charge in [-0.1, -0.05) is 30.3 Å². The van der Waals surface area contributed by atoms with E-state index in [-0.39, 0.29) is 0 Å². The van der Waals surface area contributed by atoms with E-state index in [1.54, 1.807) is 30.3 Å². The zero-order valence-corrected chi connectivity index (χ0v) is 15.0. The summed E-state index contributed by atoms with van der Waals surface area (Å²) in [5, 5.41) is 4.50. The number of hydrogen-bond acceptors (Lipinski definition) is 4. The van der Waals surface area contributed by atoms with Crippen LogP contribution >= 0.6 is 0 Å². The van der Waals surface area contributed by atoms with E-state index >= 15 is 0 Å². The number of alkyl halides is 3. The minimum absolute atomic E-state index is 0.469. The van der Waals surface area contributed by atoms with Crippen LogP contribution in [-0.2, 0) is 21.3 Å². The predicted octanol–water partition coefficient (Wildman–Crippen LogP) is 1.80. The largest absolute Gasteiger partial charge is 0.417 e. The second kappa shape index (κ2) is 7.08. The lowest BCUT2D eigenvalue weighted by atomic mass is 9.92. The SMILES string of the molecule is CC1(c2ccccc2)NC(=O)N(CC(=O)Nc2cc(C(F)(F)F)c[nH]c2=O)C1=O. The molecule has 1 saturated heterocycles. The number of imide groups is 1. The zero-order chi connectivity index (χ0) is 21.4. The Morgan fingerprint density at radius 2 is 1.83 bits per heavy atom. The molecule has 3 N–H and O–H groups in total. The van der Waals surface area contributed by atoms with Crippen molar-refractivity contribution in [2.75, 3.05) is 11.9 Å². The summed E-state index contributed by atoms with van der Waals surface area (Å²) in [6.45, 7) is 0.695. The lowest BCUT2D eigenvalue weighted by Gasteiger charge is -2.22. The summed E-state index contributed by atoms with van der Waals surface area (Å²) < 4.78 is 38.3. The first-order valence-corrected chi connectivity index (χ1v) is 8.32. The van der Waals surface area contributed by atoms with Crippen molar-refractivity contribution in [3.8, 4) is 0 Å². The van der Waals surface area contributed by atoms with E-state index in [1.807, 2.05) is 10.3 Å². The number of H-pyrrole nitrogens is 1. The quantitative estimate of drug-likeness (QED) is 0.670. The first-order valence-electron chi connectivity index (χ1n) is 8.32. The van der Waals surface area contributed by atoms with Crippen LogP contribution in [-0.4, -0.2) is 34.3 Å². The maximum atomic E-state index is 12.8. The van der Waals surface area contributed by atoms with Gasteiger partial charge < -0.3 is 15.6 Å². The number of benzene rings is 1. The monoisotopic (exact) mass is 408 g/mol. The van der Waals surface area contributed by atoms with E-state index in [0.29, 0.717) is 22.7 Å². The Balaban J connectivity index is 1.77. The highest BCUT2D eigenvalue weighted by atomic mass is 19.4. The van der Waals surface area contributed by atoms with Crippen LogP contribution in [0.3, 0.4) is 0 Å². The molecule has 0 radical (unpaired) electrons. The van der Waals surface area contributed by atoms with Crippen molar-refractivity contribution in [3.63, 3.8) is 0 Å². The lowest BCUT2D eigenvalue weighted by molar-refractivity contribution is -0.137. The summed E-state index contributed by atoms with van der Waals surface area (Å²) >= 11 is 0. The maximum absolute atomic E-state index is 12.8. The van der Waals surface area contributed by atoms with Gasteiger partial charge in [0.2, 0.25) is 5.91 Å². The molecule has 2 aromatic rings. The summed E-state index contributed by atoms with van der Waals surface area (Å²) in [6, 6.07) is 7.97. The Kier molecular flexibility index (Phi) is 4.91. The molecular formula is C18H15F3N4O4. The van der Waals surface area contributed by atoms with Gasteiger partial charge in [-0.2, -0.15) is 13.2 Å². The molecule has 1 aromatic carbocycles. The molecule has 11 heteroatoms. The van der Waals surface area contributed by atoms with E-state index in [1.165, 1.54) is 6.92 Å². The van der Waals surface area contributed by atoms with Crippen molar-refractivity contribution in [1.29, 1.82) is 0 Å². The number of nitrogens with one attached hydrogen (secondary N) is 3. The number of nitrogens with zero attached hydrogens (tertiary/aromatic N) is 1. The minimum atomic E-state index is -4.73. The predicted molar refractivity (Wildman–Crippen MR) is 94.7 cm³/mol. The molecule has 0 saturated carbocycles. The number of amides is 4. The van der Waals surface area contributed by atoms with Crippen molar-refractivity contribution in [2.45, 2.75) is 18.6 Å². The van der Waals surface area contributed by atoms with Crippen LogP contribution in [0, 0.1) is 0 Å². The number of carbonyl (C=O) groups is 3. The normalized spacial score (nSPS) is 19.2. The van der Waals surface area contributed by atoms with Crippen molar-refractivity contribution in [3.05, 3.63) is 64.1 Å². The third kappa shape index (κ3) is 3.84. The molecule has 0 spiro atoms. The van der Waals surface area contributed by atoms with E-state index in [9.17, 15) is 32.3 Å². The van der Waals surface area contributed by atoms with Gasteiger partial charge in [-0.25, -0.2) is 4.79 Å². The van der Waals surface area contributed by atoms with Crippen LogP contribution in [0.25, 0.3) is 0 Å². The van der Waals surface area contributed by atoms with E-state index < -0.39 is 52.9 Å². The lowest BCUT2D eigenvalue weighted by Crippen LogP contribution is -2.42. The Bertz CT molecular complexity index is 1040. The number of anilines is 1. The molecule has 1 aromatic heterocycles. The van der Waals surface area contributed by atoms with Crippen LogP contribution < -0.4 is 16.2 Å². The van der Waals surface area contributed by atoms with Gasteiger partial charge in [-0.15, -0.1) is 0 Å². The smallest absolute Gasteiger partial charge is 0.327 e. The van der Waals surface area contributed by atoms with Gasteiger partial charge in [0.05, 0.1) is 5.56 Å². The van der Waals surface area contributed by atoms with Crippen molar-refractivity contribution < 1.29 is 27.6 Å². The molecule has 1 atom stereocenters. The summed E-state index contributed by atoms with van der Waals surface area (Å²) in [5.41, 5.74) is -3.68. The minimum Gasteiger partial charge on any atom is -0.327 e. The van der Waals surface area contributed by atoms with Gasteiger partial charge in [0.25, 0.3) is 11.5 Å². The molecule has 29 heavy (non-hydrogen) atoms. The molecule has 1 unspecified atom stereocenters.